The topological polar surface area (TPSA) is 47.6 Å². The number of carbonyl (C=O) groups is 1. The highest BCUT2D eigenvalue weighted by Gasteiger charge is 2.05. The predicted octanol–water partition coefficient (Wildman–Crippen LogP) is 2.62. The lowest BCUT2D eigenvalue weighted by Gasteiger charge is -2.08. The van der Waals surface area contributed by atoms with Crippen LogP contribution in [0.25, 0.3) is 0 Å². The normalized spacial score (nSPS) is 10.2. The highest BCUT2D eigenvalue weighted by Crippen LogP contribution is 2.13. The van der Waals surface area contributed by atoms with E-state index in [1.54, 1.807) is 19.2 Å². The average molecular weight is 330 g/mol. The van der Waals surface area contributed by atoms with E-state index >= 15 is 0 Å². The maximum Gasteiger partial charge on any atom is 0.251 e. The van der Waals surface area contributed by atoms with Gasteiger partial charge >= 0.3 is 0 Å². The molecule has 0 saturated heterocycles. The summed E-state index contributed by atoms with van der Waals surface area (Å²) in [4.78, 5) is 11.9. The van der Waals surface area contributed by atoms with Crippen molar-refractivity contribution in [1.82, 2.24) is 5.32 Å². The van der Waals surface area contributed by atoms with Gasteiger partial charge in [0.25, 0.3) is 5.91 Å². The Labute approximate surface area is 122 Å². The number of benzene rings is 1. The summed E-state index contributed by atoms with van der Waals surface area (Å²) >= 11 is 3.35. The fraction of sp³-hybridized carbons (Fsp3) is 0.500. The van der Waals surface area contributed by atoms with Crippen molar-refractivity contribution in [3.05, 3.63) is 29.8 Å². The number of halogens is 1. The highest BCUT2D eigenvalue weighted by atomic mass is 79.9. The summed E-state index contributed by atoms with van der Waals surface area (Å²) < 4.78 is 10.5. The molecule has 1 rings (SSSR count). The van der Waals surface area contributed by atoms with E-state index in [0.717, 1.165) is 23.9 Å². The van der Waals surface area contributed by atoms with Crippen LogP contribution in [-0.4, -0.2) is 38.1 Å². The van der Waals surface area contributed by atoms with Crippen LogP contribution in [0.3, 0.4) is 0 Å². The Morgan fingerprint density at radius 1 is 1.32 bits per heavy atom. The quantitative estimate of drug-likeness (QED) is 0.559. The molecule has 0 saturated carbocycles. The van der Waals surface area contributed by atoms with Crippen molar-refractivity contribution in [2.45, 2.75) is 12.8 Å². The Morgan fingerprint density at radius 3 is 2.89 bits per heavy atom. The smallest absolute Gasteiger partial charge is 0.251 e. The molecule has 0 aromatic heterocycles. The van der Waals surface area contributed by atoms with Gasteiger partial charge in [-0.25, -0.2) is 0 Å². The summed E-state index contributed by atoms with van der Waals surface area (Å²) in [5, 5.41) is 3.76. The van der Waals surface area contributed by atoms with Crippen LogP contribution >= 0.6 is 15.9 Å². The molecule has 19 heavy (non-hydrogen) atoms. The molecule has 0 spiro atoms. The molecule has 1 N–H and O–H groups in total. The van der Waals surface area contributed by atoms with Crippen molar-refractivity contribution in [3.63, 3.8) is 0 Å². The number of hydrogen-bond acceptors (Lipinski definition) is 3. The van der Waals surface area contributed by atoms with Gasteiger partial charge in [-0.1, -0.05) is 22.0 Å². The minimum absolute atomic E-state index is 0.0814. The fourth-order valence-electron chi connectivity index (χ4n) is 1.49. The number of nitrogens with one attached hydrogen (secondary N) is 1. The van der Waals surface area contributed by atoms with E-state index < -0.39 is 0 Å². The van der Waals surface area contributed by atoms with Gasteiger partial charge in [-0.2, -0.15) is 0 Å². The van der Waals surface area contributed by atoms with Gasteiger partial charge in [0.1, 0.15) is 5.75 Å². The second-order valence-electron chi connectivity index (χ2n) is 4.02. The Kier molecular flexibility index (Phi) is 8.25. The maximum atomic E-state index is 11.9. The first-order valence-corrected chi connectivity index (χ1v) is 7.46. The minimum Gasteiger partial charge on any atom is -0.494 e. The predicted molar refractivity (Wildman–Crippen MR) is 79.2 cm³/mol. The van der Waals surface area contributed by atoms with Crippen molar-refractivity contribution >= 4 is 21.8 Å². The fourth-order valence-corrected chi connectivity index (χ4v) is 1.72. The number of amides is 1. The Hall–Kier alpha value is -1.07. The van der Waals surface area contributed by atoms with Gasteiger partial charge in [0.2, 0.25) is 0 Å². The highest BCUT2D eigenvalue weighted by molar-refractivity contribution is 9.09. The van der Waals surface area contributed by atoms with Crippen LogP contribution < -0.4 is 10.1 Å². The lowest BCUT2D eigenvalue weighted by atomic mass is 10.2. The van der Waals surface area contributed by atoms with E-state index in [1.807, 2.05) is 12.1 Å². The average Bonchev–Trinajstić information content (AvgIpc) is 2.44. The van der Waals surface area contributed by atoms with Crippen molar-refractivity contribution in [3.8, 4) is 5.75 Å². The number of rotatable bonds is 9. The van der Waals surface area contributed by atoms with Crippen LogP contribution in [0.2, 0.25) is 0 Å². The zero-order valence-corrected chi connectivity index (χ0v) is 12.7. The molecular weight excluding hydrogens is 310 g/mol. The number of alkyl halides is 1. The third-order valence-corrected chi connectivity index (χ3v) is 3.01. The summed E-state index contributed by atoms with van der Waals surface area (Å²) in [6, 6.07) is 7.23. The van der Waals surface area contributed by atoms with Crippen LogP contribution in [0.5, 0.6) is 5.75 Å². The number of ether oxygens (including phenoxy) is 2. The Balaban J connectivity index is 2.43. The molecule has 1 aromatic carbocycles. The third kappa shape index (κ3) is 6.59. The Bertz CT molecular complexity index is 385. The molecule has 0 unspecified atom stereocenters. The molecule has 1 aromatic rings. The van der Waals surface area contributed by atoms with Gasteiger partial charge in [-0.05, 0) is 31.0 Å². The van der Waals surface area contributed by atoms with E-state index in [1.165, 1.54) is 0 Å². The molecule has 0 atom stereocenters. The second-order valence-corrected chi connectivity index (χ2v) is 4.81. The number of methoxy groups -OCH3 is 1. The first-order chi connectivity index (χ1) is 9.27. The van der Waals surface area contributed by atoms with E-state index in [-0.39, 0.29) is 5.91 Å². The molecule has 0 fully saturated rings. The van der Waals surface area contributed by atoms with Crippen LogP contribution in [0, 0.1) is 0 Å². The third-order valence-electron chi connectivity index (χ3n) is 2.45. The lowest BCUT2D eigenvalue weighted by Crippen LogP contribution is -2.25. The molecule has 1 amide bonds. The van der Waals surface area contributed by atoms with Crippen molar-refractivity contribution in [1.29, 1.82) is 0 Å². The second kappa shape index (κ2) is 9.81. The first kappa shape index (κ1) is 16.0. The molecule has 4 nitrogen and oxygen atoms in total. The molecule has 0 aliphatic carbocycles. The molecule has 0 radical (unpaired) electrons. The SMILES string of the molecule is COCCCNC(=O)c1cccc(OCCCBr)c1. The molecule has 0 aliphatic rings. The van der Waals surface area contributed by atoms with E-state index in [4.69, 9.17) is 9.47 Å². The number of hydrogen-bond donors (Lipinski definition) is 1. The zero-order chi connectivity index (χ0) is 13.9. The molecule has 5 heteroatoms. The van der Waals surface area contributed by atoms with Crippen molar-refractivity contribution < 1.29 is 14.3 Å². The van der Waals surface area contributed by atoms with Gasteiger partial charge in [0.15, 0.2) is 0 Å². The van der Waals surface area contributed by atoms with Crippen LogP contribution in [-0.2, 0) is 4.74 Å². The van der Waals surface area contributed by atoms with E-state index in [9.17, 15) is 4.79 Å². The summed E-state index contributed by atoms with van der Waals surface area (Å²) in [7, 11) is 1.65. The number of carbonyl (C=O) groups excluding carboxylic acids is 1. The molecular formula is C14H20BrNO3. The van der Waals surface area contributed by atoms with E-state index in [0.29, 0.717) is 25.3 Å². The van der Waals surface area contributed by atoms with Crippen LogP contribution in [0.1, 0.15) is 23.2 Å². The van der Waals surface area contributed by atoms with Crippen LogP contribution in [0.15, 0.2) is 24.3 Å². The monoisotopic (exact) mass is 329 g/mol. The summed E-state index contributed by atoms with van der Waals surface area (Å²) in [6.45, 7) is 1.90. The molecule has 0 bridgehead atoms. The maximum absolute atomic E-state index is 11.9. The van der Waals surface area contributed by atoms with Gasteiger partial charge < -0.3 is 14.8 Å². The van der Waals surface area contributed by atoms with Crippen molar-refractivity contribution in [2.75, 3.05) is 32.2 Å². The largest absolute Gasteiger partial charge is 0.494 e. The van der Waals surface area contributed by atoms with Crippen LogP contribution in [0.4, 0.5) is 0 Å². The molecule has 0 aliphatic heterocycles. The van der Waals surface area contributed by atoms with Gasteiger partial charge in [0.05, 0.1) is 6.61 Å². The van der Waals surface area contributed by atoms with Crippen molar-refractivity contribution in [2.24, 2.45) is 0 Å². The standard InChI is InChI=1S/C14H20BrNO3/c1-18-9-4-8-16-14(17)12-5-2-6-13(11-12)19-10-3-7-15/h2,5-6,11H,3-4,7-10H2,1H3,(H,16,17). The Morgan fingerprint density at radius 2 is 2.16 bits per heavy atom. The first-order valence-electron chi connectivity index (χ1n) is 6.34. The van der Waals surface area contributed by atoms with Gasteiger partial charge in [0, 0.05) is 31.2 Å². The summed E-state index contributed by atoms with van der Waals surface area (Å²) in [5.74, 6) is 0.646. The molecule has 0 heterocycles. The molecule has 106 valence electrons. The lowest BCUT2D eigenvalue weighted by molar-refractivity contribution is 0.0948. The minimum atomic E-state index is -0.0814. The summed E-state index contributed by atoms with van der Waals surface area (Å²) in [6.07, 6.45) is 1.75. The van der Waals surface area contributed by atoms with Gasteiger partial charge in [-0.3, -0.25) is 4.79 Å². The summed E-state index contributed by atoms with van der Waals surface area (Å²) in [5.41, 5.74) is 0.619. The van der Waals surface area contributed by atoms with E-state index in [2.05, 4.69) is 21.2 Å². The zero-order valence-electron chi connectivity index (χ0n) is 11.2. The van der Waals surface area contributed by atoms with Gasteiger partial charge in [-0.15, -0.1) is 0 Å².